The molecule has 1 amide bonds. The number of anilines is 1. The molecule has 0 fully saturated rings. The molecule has 7 heteroatoms. The van der Waals surface area contributed by atoms with E-state index in [0.29, 0.717) is 16.7 Å². The number of carbonyl (C=O) groups is 1. The summed E-state index contributed by atoms with van der Waals surface area (Å²) in [6.45, 7) is 1.32. The minimum absolute atomic E-state index is 0. The lowest BCUT2D eigenvalue weighted by atomic mass is 10.2. The van der Waals surface area contributed by atoms with Gasteiger partial charge >= 0.3 is 0 Å². The van der Waals surface area contributed by atoms with Crippen LogP contribution in [0, 0.1) is 0 Å². The van der Waals surface area contributed by atoms with Crippen molar-refractivity contribution >= 4 is 62.7 Å². The zero-order chi connectivity index (χ0) is 18.5. The van der Waals surface area contributed by atoms with Crippen LogP contribution in [0.3, 0.4) is 0 Å². The number of rotatable bonds is 6. The number of fused-ring (bicyclic) bond motifs is 1. The van der Waals surface area contributed by atoms with E-state index in [1.54, 1.807) is 11.0 Å². The van der Waals surface area contributed by atoms with E-state index in [1.807, 2.05) is 73.6 Å². The summed E-state index contributed by atoms with van der Waals surface area (Å²) in [7, 11) is 3.97. The summed E-state index contributed by atoms with van der Waals surface area (Å²) in [4.78, 5) is 21.2. The summed E-state index contributed by atoms with van der Waals surface area (Å²) in [6.07, 6.45) is 3.43. The van der Waals surface area contributed by atoms with Gasteiger partial charge in [0.15, 0.2) is 5.13 Å². The zero-order valence-corrected chi connectivity index (χ0v) is 17.5. The summed E-state index contributed by atoms with van der Waals surface area (Å²) < 4.78 is 0.974. The molecule has 27 heavy (non-hydrogen) atoms. The van der Waals surface area contributed by atoms with Gasteiger partial charge in [-0.05, 0) is 43.9 Å². The largest absolute Gasteiger partial charge is 0.308 e. The Morgan fingerprint density at radius 3 is 2.59 bits per heavy atom. The predicted octanol–water partition coefficient (Wildman–Crippen LogP) is 4.98. The van der Waals surface area contributed by atoms with Crippen LogP contribution < -0.4 is 4.90 Å². The first-order valence-electron chi connectivity index (χ1n) is 8.28. The van der Waals surface area contributed by atoms with Gasteiger partial charge in [-0.25, -0.2) is 4.98 Å². The highest BCUT2D eigenvalue weighted by atomic mass is 35.5. The Hall–Kier alpha value is -1.92. The Morgan fingerprint density at radius 1 is 1.15 bits per heavy atom. The highest BCUT2D eigenvalue weighted by molar-refractivity contribution is 7.22. The van der Waals surface area contributed by atoms with Gasteiger partial charge in [-0.15, -0.1) is 12.4 Å². The Kier molecular flexibility index (Phi) is 7.80. The predicted molar refractivity (Wildman–Crippen MR) is 118 cm³/mol. The molecule has 3 rings (SSSR count). The molecule has 1 heterocycles. The van der Waals surface area contributed by atoms with Crippen LogP contribution >= 0.6 is 35.3 Å². The molecule has 1 aromatic heterocycles. The van der Waals surface area contributed by atoms with E-state index in [0.717, 1.165) is 22.3 Å². The lowest BCUT2D eigenvalue weighted by Gasteiger charge is -2.20. The van der Waals surface area contributed by atoms with Crippen LogP contribution in [-0.2, 0) is 4.79 Å². The van der Waals surface area contributed by atoms with Crippen molar-refractivity contribution in [3.8, 4) is 0 Å². The van der Waals surface area contributed by atoms with Crippen molar-refractivity contribution in [2.24, 2.45) is 0 Å². The number of thiazole rings is 1. The average molecular weight is 422 g/mol. The molecule has 3 aromatic rings. The topological polar surface area (TPSA) is 36.4 Å². The maximum absolute atomic E-state index is 12.8. The monoisotopic (exact) mass is 421 g/mol. The van der Waals surface area contributed by atoms with Crippen LogP contribution in [0.2, 0.25) is 5.02 Å². The van der Waals surface area contributed by atoms with E-state index in [9.17, 15) is 4.79 Å². The van der Waals surface area contributed by atoms with Gasteiger partial charge in [-0.2, -0.15) is 0 Å². The first kappa shape index (κ1) is 21.4. The highest BCUT2D eigenvalue weighted by Crippen LogP contribution is 2.31. The fourth-order valence-corrected chi connectivity index (χ4v) is 3.70. The maximum Gasteiger partial charge on any atom is 0.252 e. The molecular weight excluding hydrogens is 401 g/mol. The molecular formula is C20H21Cl2N3OS. The number of aromatic nitrogens is 1. The Morgan fingerprint density at radius 2 is 1.89 bits per heavy atom. The second-order valence-corrected chi connectivity index (χ2v) is 7.59. The molecule has 0 aliphatic carbocycles. The quantitative estimate of drug-likeness (QED) is 0.526. The molecule has 0 radical (unpaired) electrons. The first-order chi connectivity index (χ1) is 12.5. The minimum Gasteiger partial charge on any atom is -0.308 e. The zero-order valence-electron chi connectivity index (χ0n) is 15.1. The fourth-order valence-electron chi connectivity index (χ4n) is 2.42. The molecule has 142 valence electrons. The average Bonchev–Trinajstić information content (AvgIpc) is 3.03. The minimum atomic E-state index is -0.0825. The lowest BCUT2D eigenvalue weighted by molar-refractivity contribution is -0.114. The van der Waals surface area contributed by atoms with Gasteiger partial charge in [-0.3, -0.25) is 9.69 Å². The van der Waals surface area contributed by atoms with Crippen LogP contribution in [0.1, 0.15) is 5.56 Å². The van der Waals surface area contributed by atoms with E-state index < -0.39 is 0 Å². The van der Waals surface area contributed by atoms with Gasteiger partial charge in [0, 0.05) is 24.2 Å². The lowest BCUT2D eigenvalue weighted by Crippen LogP contribution is -2.35. The van der Waals surface area contributed by atoms with Gasteiger partial charge in [0.05, 0.1) is 10.2 Å². The highest BCUT2D eigenvalue weighted by Gasteiger charge is 2.18. The third-order valence-electron chi connectivity index (χ3n) is 3.82. The SMILES string of the molecule is CN(C)CCN(C(=O)C=Cc1ccccc1)c1nc2ccc(Cl)cc2s1.Cl. The molecule has 0 saturated carbocycles. The van der Waals surface area contributed by atoms with Gasteiger partial charge in [0.25, 0.3) is 5.91 Å². The molecule has 0 aliphatic rings. The number of halogens is 2. The molecule has 0 unspecified atom stereocenters. The molecule has 0 bridgehead atoms. The molecule has 0 N–H and O–H groups in total. The van der Waals surface area contributed by atoms with Crippen molar-refractivity contribution in [1.29, 1.82) is 0 Å². The summed E-state index contributed by atoms with van der Waals surface area (Å²) in [6, 6.07) is 15.4. The normalized spacial score (nSPS) is 11.1. The van der Waals surface area contributed by atoms with Gasteiger partial charge < -0.3 is 4.90 Å². The van der Waals surface area contributed by atoms with E-state index in [-0.39, 0.29) is 18.3 Å². The van der Waals surface area contributed by atoms with Crippen molar-refractivity contribution in [3.05, 3.63) is 65.2 Å². The third kappa shape index (κ3) is 5.78. The number of hydrogen-bond acceptors (Lipinski definition) is 4. The van der Waals surface area contributed by atoms with Crippen molar-refractivity contribution in [2.45, 2.75) is 0 Å². The van der Waals surface area contributed by atoms with Crippen LogP contribution in [0.4, 0.5) is 5.13 Å². The standard InChI is InChI=1S/C20H20ClN3OS.ClH/c1-23(2)12-13-24(19(25)11-8-15-6-4-3-5-7-15)20-22-17-10-9-16(21)14-18(17)26-20;/h3-11,14H,12-13H2,1-2H3;1H. The van der Waals surface area contributed by atoms with E-state index in [1.165, 1.54) is 11.3 Å². The van der Waals surface area contributed by atoms with Crippen LogP contribution in [0.15, 0.2) is 54.6 Å². The number of amides is 1. The Balaban J connectivity index is 0.00000261. The summed E-state index contributed by atoms with van der Waals surface area (Å²) in [5.41, 5.74) is 1.84. The fraction of sp³-hybridized carbons (Fsp3) is 0.200. The van der Waals surface area contributed by atoms with Crippen LogP contribution in [-0.4, -0.2) is 43.0 Å². The number of likely N-dealkylation sites (N-methyl/N-ethyl adjacent to an activating group) is 1. The number of hydrogen-bond donors (Lipinski definition) is 0. The Labute approximate surface area is 174 Å². The summed E-state index contributed by atoms with van der Waals surface area (Å²) in [5, 5.41) is 1.36. The number of carbonyl (C=O) groups excluding carboxylic acids is 1. The second-order valence-electron chi connectivity index (χ2n) is 6.15. The number of benzene rings is 2. The van der Waals surface area contributed by atoms with Crippen molar-refractivity contribution in [1.82, 2.24) is 9.88 Å². The van der Waals surface area contributed by atoms with Crippen molar-refractivity contribution < 1.29 is 4.79 Å². The molecule has 0 saturated heterocycles. The molecule has 0 atom stereocenters. The smallest absolute Gasteiger partial charge is 0.252 e. The van der Waals surface area contributed by atoms with Gasteiger partial charge in [0.2, 0.25) is 0 Å². The molecule has 2 aromatic carbocycles. The third-order valence-corrected chi connectivity index (χ3v) is 5.10. The van der Waals surface area contributed by atoms with Gasteiger partial charge in [-0.1, -0.05) is 53.3 Å². The van der Waals surface area contributed by atoms with E-state index >= 15 is 0 Å². The maximum atomic E-state index is 12.8. The first-order valence-corrected chi connectivity index (χ1v) is 9.48. The molecule has 0 aliphatic heterocycles. The van der Waals surface area contributed by atoms with Crippen LogP contribution in [0.25, 0.3) is 16.3 Å². The van der Waals surface area contributed by atoms with Crippen LogP contribution in [0.5, 0.6) is 0 Å². The van der Waals surface area contributed by atoms with Crippen molar-refractivity contribution in [2.75, 3.05) is 32.1 Å². The summed E-state index contributed by atoms with van der Waals surface area (Å²) >= 11 is 7.55. The summed E-state index contributed by atoms with van der Waals surface area (Å²) in [5.74, 6) is -0.0825. The van der Waals surface area contributed by atoms with Gasteiger partial charge in [0.1, 0.15) is 0 Å². The molecule has 0 spiro atoms. The second kappa shape index (κ2) is 9.85. The van der Waals surface area contributed by atoms with E-state index in [2.05, 4.69) is 4.98 Å². The van der Waals surface area contributed by atoms with Crippen molar-refractivity contribution in [3.63, 3.8) is 0 Å². The molecule has 4 nitrogen and oxygen atoms in total. The van der Waals surface area contributed by atoms with E-state index in [4.69, 9.17) is 11.6 Å². The number of nitrogens with zero attached hydrogens (tertiary/aromatic N) is 3. The Bertz CT molecular complexity index is 925.